The van der Waals surface area contributed by atoms with Crippen molar-refractivity contribution in [2.45, 2.75) is 6.92 Å². The van der Waals surface area contributed by atoms with E-state index < -0.39 is 10.0 Å². The fraction of sp³-hybridized carbons (Fsp3) is 1.00. The molecule has 0 fully saturated rings. The lowest BCUT2D eigenvalue weighted by Gasteiger charge is -2.12. The van der Waals surface area contributed by atoms with Crippen LogP contribution in [0.4, 0.5) is 0 Å². The Balaban J connectivity index is 3.62. The van der Waals surface area contributed by atoms with E-state index in [1.807, 2.05) is 6.92 Å². The summed E-state index contributed by atoms with van der Waals surface area (Å²) in [6, 6.07) is 0. The average molecular weight is 181 g/mol. The Bertz CT molecular complexity index is 188. The summed E-state index contributed by atoms with van der Waals surface area (Å²) in [7, 11) is -1.49. The predicted molar refractivity (Wildman–Crippen MR) is 44.0 cm³/mol. The molecule has 0 aliphatic carbocycles. The Hall–Kier alpha value is -0.130. The lowest BCUT2D eigenvalue weighted by molar-refractivity contribution is 0.139. The normalized spacial score (nSPS) is 12.4. The molecule has 0 aromatic rings. The molecule has 0 spiro atoms. The quantitative estimate of drug-likeness (QED) is 0.557. The van der Waals surface area contributed by atoms with Gasteiger partial charge in [-0.05, 0) is 6.92 Å². The smallest absolute Gasteiger partial charge is 0.211 e. The van der Waals surface area contributed by atoms with Gasteiger partial charge in [-0.2, -0.15) is 0 Å². The summed E-state index contributed by atoms with van der Waals surface area (Å²) in [5.74, 6) is 0. The van der Waals surface area contributed by atoms with E-state index in [2.05, 4.69) is 0 Å². The zero-order valence-electron chi connectivity index (χ0n) is 7.20. The van der Waals surface area contributed by atoms with Crippen LogP contribution >= 0.6 is 0 Å². The van der Waals surface area contributed by atoms with Crippen molar-refractivity contribution in [3.8, 4) is 0 Å². The minimum atomic E-state index is -3.03. The first-order valence-corrected chi connectivity index (χ1v) is 5.32. The highest BCUT2D eigenvalue weighted by Gasteiger charge is 2.08. The summed E-state index contributed by atoms with van der Waals surface area (Å²) in [5, 5.41) is 0. The third-order valence-corrected chi connectivity index (χ3v) is 2.64. The van der Waals surface area contributed by atoms with Crippen LogP contribution in [-0.4, -0.2) is 45.8 Å². The summed E-state index contributed by atoms with van der Waals surface area (Å²) in [5.41, 5.74) is 0. The zero-order chi connectivity index (χ0) is 8.91. The molecule has 0 saturated heterocycles. The third kappa shape index (κ3) is 5.17. The summed E-state index contributed by atoms with van der Waals surface area (Å²) in [6.07, 6.45) is 1.18. The van der Waals surface area contributed by atoms with Gasteiger partial charge in [0.05, 0.1) is 12.9 Å². The van der Waals surface area contributed by atoms with Gasteiger partial charge >= 0.3 is 0 Å². The van der Waals surface area contributed by atoms with Gasteiger partial charge in [-0.25, -0.2) is 12.7 Å². The number of ether oxygens (including phenoxy) is 1. The Morgan fingerprint density at radius 1 is 1.45 bits per heavy atom. The molecular formula is C6H15NO3S. The van der Waals surface area contributed by atoms with Crippen LogP contribution in [0.3, 0.4) is 0 Å². The molecule has 68 valence electrons. The molecule has 0 amide bonds. The first kappa shape index (κ1) is 10.9. The van der Waals surface area contributed by atoms with Gasteiger partial charge in [0.1, 0.15) is 0 Å². The van der Waals surface area contributed by atoms with E-state index in [0.717, 1.165) is 0 Å². The van der Waals surface area contributed by atoms with Gasteiger partial charge in [-0.1, -0.05) is 0 Å². The Morgan fingerprint density at radius 3 is 2.36 bits per heavy atom. The second-order valence-corrected chi connectivity index (χ2v) is 4.37. The lowest BCUT2D eigenvalue weighted by Crippen LogP contribution is -2.29. The van der Waals surface area contributed by atoms with E-state index in [4.69, 9.17) is 4.74 Å². The average Bonchev–Trinajstić information content (AvgIpc) is 1.86. The van der Waals surface area contributed by atoms with E-state index in [0.29, 0.717) is 19.8 Å². The van der Waals surface area contributed by atoms with E-state index in [1.165, 1.54) is 17.6 Å². The largest absolute Gasteiger partial charge is 0.380 e. The molecule has 0 aromatic carbocycles. The number of sulfonamides is 1. The molecular weight excluding hydrogens is 166 g/mol. The van der Waals surface area contributed by atoms with Crippen LogP contribution in [0.2, 0.25) is 0 Å². The van der Waals surface area contributed by atoms with E-state index in [-0.39, 0.29) is 0 Å². The Kier molecular flexibility index (Phi) is 4.63. The lowest BCUT2D eigenvalue weighted by atomic mass is 10.7. The fourth-order valence-electron chi connectivity index (χ4n) is 0.503. The molecule has 5 heteroatoms. The highest BCUT2D eigenvalue weighted by atomic mass is 32.2. The zero-order valence-corrected chi connectivity index (χ0v) is 8.02. The van der Waals surface area contributed by atoms with E-state index in [9.17, 15) is 8.42 Å². The van der Waals surface area contributed by atoms with Crippen LogP contribution < -0.4 is 0 Å². The summed E-state index contributed by atoms with van der Waals surface area (Å²) in [4.78, 5) is 0. The second kappa shape index (κ2) is 4.69. The van der Waals surface area contributed by atoms with Crippen molar-refractivity contribution in [2.24, 2.45) is 0 Å². The topological polar surface area (TPSA) is 46.6 Å². The Labute approximate surface area is 68.2 Å². The molecule has 0 unspecified atom stereocenters. The van der Waals surface area contributed by atoms with Crippen LogP contribution in [0.15, 0.2) is 0 Å². The molecule has 0 aliphatic rings. The fourth-order valence-corrected chi connectivity index (χ4v) is 0.909. The Morgan fingerprint density at radius 2 is 2.00 bits per heavy atom. The highest BCUT2D eigenvalue weighted by molar-refractivity contribution is 7.88. The van der Waals surface area contributed by atoms with Gasteiger partial charge in [0, 0.05) is 20.2 Å². The standard InChI is InChI=1S/C6H15NO3S/c1-4-10-6-5-7(2)11(3,8)9/h4-6H2,1-3H3. The number of hydrogen-bond donors (Lipinski definition) is 0. The summed E-state index contributed by atoms with van der Waals surface area (Å²) in [6.45, 7) is 3.38. The molecule has 11 heavy (non-hydrogen) atoms. The number of hydrogen-bond acceptors (Lipinski definition) is 3. The van der Waals surface area contributed by atoms with Crippen molar-refractivity contribution in [1.82, 2.24) is 4.31 Å². The number of rotatable bonds is 5. The predicted octanol–water partition coefficient (Wildman–Crippen LogP) is -0.0857. The van der Waals surface area contributed by atoms with Gasteiger partial charge in [0.2, 0.25) is 10.0 Å². The molecule has 4 nitrogen and oxygen atoms in total. The van der Waals surface area contributed by atoms with Gasteiger partial charge < -0.3 is 4.74 Å². The van der Waals surface area contributed by atoms with Gasteiger partial charge in [0.25, 0.3) is 0 Å². The van der Waals surface area contributed by atoms with Crippen LogP contribution in [0.1, 0.15) is 6.92 Å². The van der Waals surface area contributed by atoms with Crippen molar-refractivity contribution in [3.63, 3.8) is 0 Å². The van der Waals surface area contributed by atoms with Crippen LogP contribution in [0, 0.1) is 0 Å². The van der Waals surface area contributed by atoms with Crippen molar-refractivity contribution in [2.75, 3.05) is 33.1 Å². The minimum Gasteiger partial charge on any atom is -0.380 e. The van der Waals surface area contributed by atoms with Gasteiger partial charge in [0.15, 0.2) is 0 Å². The molecule has 0 radical (unpaired) electrons. The van der Waals surface area contributed by atoms with Crippen LogP contribution in [0.5, 0.6) is 0 Å². The molecule has 0 aromatic heterocycles. The van der Waals surface area contributed by atoms with Crippen molar-refractivity contribution in [3.05, 3.63) is 0 Å². The molecule has 0 N–H and O–H groups in total. The van der Waals surface area contributed by atoms with Crippen LogP contribution in [0.25, 0.3) is 0 Å². The molecule has 0 atom stereocenters. The van der Waals surface area contributed by atoms with Crippen molar-refractivity contribution in [1.29, 1.82) is 0 Å². The molecule has 0 aliphatic heterocycles. The van der Waals surface area contributed by atoms with E-state index in [1.54, 1.807) is 0 Å². The van der Waals surface area contributed by atoms with Crippen molar-refractivity contribution < 1.29 is 13.2 Å². The summed E-state index contributed by atoms with van der Waals surface area (Å²) < 4.78 is 27.9. The SMILES string of the molecule is CCOCCN(C)S(C)(=O)=O. The van der Waals surface area contributed by atoms with Gasteiger partial charge in [-0.15, -0.1) is 0 Å². The van der Waals surface area contributed by atoms with Gasteiger partial charge in [-0.3, -0.25) is 0 Å². The monoisotopic (exact) mass is 181 g/mol. The van der Waals surface area contributed by atoms with Crippen molar-refractivity contribution >= 4 is 10.0 Å². The first-order chi connectivity index (χ1) is 4.98. The van der Waals surface area contributed by atoms with Crippen LogP contribution in [-0.2, 0) is 14.8 Å². The molecule has 0 saturated carbocycles. The molecule has 0 heterocycles. The number of nitrogens with zero attached hydrogens (tertiary/aromatic N) is 1. The first-order valence-electron chi connectivity index (χ1n) is 3.47. The maximum atomic E-state index is 10.8. The summed E-state index contributed by atoms with van der Waals surface area (Å²) >= 11 is 0. The molecule has 0 bridgehead atoms. The highest BCUT2D eigenvalue weighted by Crippen LogP contribution is 1.91. The van der Waals surface area contributed by atoms with E-state index >= 15 is 0 Å². The minimum absolute atomic E-state index is 0.423. The maximum Gasteiger partial charge on any atom is 0.211 e. The second-order valence-electron chi connectivity index (χ2n) is 2.28. The maximum absolute atomic E-state index is 10.8. The molecule has 0 rings (SSSR count). The number of likely N-dealkylation sites (N-methyl/N-ethyl adjacent to an activating group) is 1. The third-order valence-electron chi connectivity index (χ3n) is 1.32.